The summed E-state index contributed by atoms with van der Waals surface area (Å²) < 4.78 is 5.40. The zero-order chi connectivity index (χ0) is 11.7. The molecule has 1 saturated heterocycles. The molecule has 1 unspecified atom stereocenters. The molecule has 0 amide bonds. The fourth-order valence-electron chi connectivity index (χ4n) is 1.82. The molecule has 6 heteroatoms. The van der Waals surface area contributed by atoms with Crippen molar-refractivity contribution in [3.05, 3.63) is 11.7 Å². The fourth-order valence-corrected chi connectivity index (χ4v) is 4.24. The monoisotopic (exact) mass is 271 g/mol. The van der Waals surface area contributed by atoms with Gasteiger partial charge < -0.3 is 4.52 Å². The van der Waals surface area contributed by atoms with Crippen LogP contribution in [-0.4, -0.2) is 38.3 Å². The summed E-state index contributed by atoms with van der Waals surface area (Å²) in [6.07, 6.45) is 2.45. The SMILES string of the molecule is CC(c1nc(C2CC2)no1)N1CSCCSC1. The maximum atomic E-state index is 5.40. The highest BCUT2D eigenvalue weighted by molar-refractivity contribution is 8.03. The van der Waals surface area contributed by atoms with Gasteiger partial charge in [-0.15, -0.1) is 23.5 Å². The first-order valence-electron chi connectivity index (χ1n) is 6.07. The molecule has 0 bridgehead atoms. The fraction of sp³-hybridized carbons (Fsp3) is 0.818. The predicted molar refractivity (Wildman–Crippen MR) is 71.2 cm³/mol. The van der Waals surface area contributed by atoms with Gasteiger partial charge >= 0.3 is 0 Å². The van der Waals surface area contributed by atoms with Crippen molar-refractivity contribution in [2.24, 2.45) is 0 Å². The normalized spacial score (nSPS) is 24.5. The summed E-state index contributed by atoms with van der Waals surface area (Å²) in [5.41, 5.74) is 0. The Hall–Kier alpha value is -0.200. The van der Waals surface area contributed by atoms with Crippen LogP contribution in [0.3, 0.4) is 0 Å². The first kappa shape index (κ1) is 11.9. The third kappa shape index (κ3) is 2.80. The van der Waals surface area contributed by atoms with Crippen LogP contribution in [0.1, 0.15) is 43.4 Å². The number of nitrogens with zero attached hydrogens (tertiary/aromatic N) is 3. The van der Waals surface area contributed by atoms with Crippen molar-refractivity contribution in [3.63, 3.8) is 0 Å². The van der Waals surface area contributed by atoms with Crippen LogP contribution in [0, 0.1) is 0 Å². The van der Waals surface area contributed by atoms with Crippen LogP contribution in [0.4, 0.5) is 0 Å². The third-order valence-corrected chi connectivity index (χ3v) is 5.46. The van der Waals surface area contributed by atoms with E-state index in [0.29, 0.717) is 5.92 Å². The number of thioether (sulfide) groups is 2. The Morgan fingerprint density at radius 2 is 2.00 bits per heavy atom. The maximum Gasteiger partial charge on any atom is 0.243 e. The van der Waals surface area contributed by atoms with Gasteiger partial charge in [0.25, 0.3) is 0 Å². The minimum absolute atomic E-state index is 0.244. The lowest BCUT2D eigenvalue weighted by atomic mass is 10.3. The van der Waals surface area contributed by atoms with E-state index >= 15 is 0 Å². The summed E-state index contributed by atoms with van der Waals surface area (Å²) in [6, 6.07) is 0.244. The lowest BCUT2D eigenvalue weighted by molar-refractivity contribution is 0.230. The van der Waals surface area contributed by atoms with E-state index in [9.17, 15) is 0 Å². The van der Waals surface area contributed by atoms with Crippen LogP contribution in [0.25, 0.3) is 0 Å². The molecule has 2 heterocycles. The molecule has 3 rings (SSSR count). The molecule has 1 aromatic rings. The van der Waals surface area contributed by atoms with Gasteiger partial charge in [0.15, 0.2) is 5.82 Å². The van der Waals surface area contributed by atoms with Gasteiger partial charge in [-0.2, -0.15) is 4.98 Å². The summed E-state index contributed by atoms with van der Waals surface area (Å²) in [7, 11) is 0. The lowest BCUT2D eigenvalue weighted by Gasteiger charge is -2.23. The summed E-state index contributed by atoms with van der Waals surface area (Å²) in [6.45, 7) is 2.16. The summed E-state index contributed by atoms with van der Waals surface area (Å²) in [5.74, 6) is 6.89. The van der Waals surface area contributed by atoms with E-state index in [-0.39, 0.29) is 6.04 Å². The molecule has 1 aliphatic carbocycles. The Morgan fingerprint density at radius 1 is 1.29 bits per heavy atom. The molecule has 4 nitrogen and oxygen atoms in total. The highest BCUT2D eigenvalue weighted by atomic mass is 32.2. The molecule has 0 aromatic carbocycles. The molecule has 1 atom stereocenters. The zero-order valence-electron chi connectivity index (χ0n) is 9.96. The van der Waals surface area contributed by atoms with Crippen molar-refractivity contribution < 1.29 is 4.52 Å². The van der Waals surface area contributed by atoms with Crippen LogP contribution in [0.2, 0.25) is 0 Å². The lowest BCUT2D eigenvalue weighted by Crippen LogP contribution is -2.25. The first-order valence-corrected chi connectivity index (χ1v) is 8.38. The Balaban J connectivity index is 1.68. The third-order valence-electron chi connectivity index (χ3n) is 3.19. The van der Waals surface area contributed by atoms with E-state index in [1.54, 1.807) is 0 Å². The highest BCUT2D eigenvalue weighted by Gasteiger charge is 2.30. The van der Waals surface area contributed by atoms with Crippen LogP contribution < -0.4 is 0 Å². The molecule has 17 heavy (non-hydrogen) atoms. The molecule has 0 spiro atoms. The second kappa shape index (κ2) is 5.20. The molecule has 0 radical (unpaired) electrons. The Bertz CT molecular complexity index is 373. The molecule has 94 valence electrons. The molecule has 1 aliphatic heterocycles. The molecule has 2 fully saturated rings. The van der Waals surface area contributed by atoms with Gasteiger partial charge in [0, 0.05) is 29.2 Å². The van der Waals surface area contributed by atoms with E-state index < -0.39 is 0 Å². The van der Waals surface area contributed by atoms with Gasteiger partial charge in [-0.25, -0.2) is 0 Å². The van der Waals surface area contributed by atoms with Gasteiger partial charge in [-0.1, -0.05) is 5.16 Å². The second-order valence-corrected chi connectivity index (χ2v) is 6.75. The topological polar surface area (TPSA) is 42.2 Å². The number of hydrogen-bond acceptors (Lipinski definition) is 6. The van der Waals surface area contributed by atoms with Gasteiger partial charge in [-0.3, -0.25) is 4.90 Å². The van der Waals surface area contributed by atoms with Gasteiger partial charge in [-0.05, 0) is 19.8 Å². The van der Waals surface area contributed by atoms with Crippen molar-refractivity contribution in [2.75, 3.05) is 23.3 Å². The van der Waals surface area contributed by atoms with Crippen molar-refractivity contribution in [2.45, 2.75) is 31.7 Å². The minimum atomic E-state index is 0.244. The maximum absolute atomic E-state index is 5.40. The van der Waals surface area contributed by atoms with Gasteiger partial charge in [0.1, 0.15) is 0 Å². The number of hydrogen-bond donors (Lipinski definition) is 0. The number of aromatic nitrogens is 2. The van der Waals surface area contributed by atoms with Crippen LogP contribution in [-0.2, 0) is 0 Å². The first-order chi connectivity index (χ1) is 8.34. The average molecular weight is 271 g/mol. The molecule has 2 aliphatic rings. The average Bonchev–Trinajstić information content (AvgIpc) is 3.13. The van der Waals surface area contributed by atoms with Crippen LogP contribution in [0.15, 0.2) is 4.52 Å². The quantitative estimate of drug-likeness (QED) is 0.842. The van der Waals surface area contributed by atoms with E-state index in [0.717, 1.165) is 23.5 Å². The van der Waals surface area contributed by atoms with E-state index in [1.807, 2.05) is 23.5 Å². The Kier molecular flexibility index (Phi) is 3.63. The zero-order valence-corrected chi connectivity index (χ0v) is 11.6. The second-order valence-electron chi connectivity index (χ2n) is 4.60. The van der Waals surface area contributed by atoms with Crippen molar-refractivity contribution in [1.82, 2.24) is 15.0 Å². The Labute approximate surface area is 110 Å². The van der Waals surface area contributed by atoms with E-state index in [4.69, 9.17) is 4.52 Å². The molecule has 0 N–H and O–H groups in total. The van der Waals surface area contributed by atoms with E-state index in [2.05, 4.69) is 22.0 Å². The molecular formula is C11H17N3OS2. The largest absolute Gasteiger partial charge is 0.338 e. The predicted octanol–water partition coefficient (Wildman–Crippen LogP) is 2.71. The van der Waals surface area contributed by atoms with Gasteiger partial charge in [0.2, 0.25) is 5.89 Å². The standard InChI is InChI=1S/C11H17N3OS2/c1-8(14-6-16-4-5-17-7-14)11-12-10(13-15-11)9-2-3-9/h8-9H,2-7H2,1H3. The van der Waals surface area contributed by atoms with Crippen molar-refractivity contribution in [3.8, 4) is 0 Å². The minimum Gasteiger partial charge on any atom is -0.338 e. The summed E-state index contributed by atoms with van der Waals surface area (Å²) >= 11 is 3.98. The van der Waals surface area contributed by atoms with Crippen LogP contribution >= 0.6 is 23.5 Å². The van der Waals surface area contributed by atoms with Crippen molar-refractivity contribution in [1.29, 1.82) is 0 Å². The number of rotatable bonds is 3. The smallest absolute Gasteiger partial charge is 0.243 e. The Morgan fingerprint density at radius 3 is 2.65 bits per heavy atom. The van der Waals surface area contributed by atoms with Crippen LogP contribution in [0.5, 0.6) is 0 Å². The van der Waals surface area contributed by atoms with E-state index in [1.165, 1.54) is 24.3 Å². The summed E-state index contributed by atoms with van der Waals surface area (Å²) in [4.78, 5) is 6.95. The van der Waals surface area contributed by atoms with Crippen molar-refractivity contribution >= 4 is 23.5 Å². The molecule has 1 saturated carbocycles. The highest BCUT2D eigenvalue weighted by Crippen LogP contribution is 2.38. The summed E-state index contributed by atoms with van der Waals surface area (Å²) in [5, 5.41) is 4.09. The molecular weight excluding hydrogens is 254 g/mol. The van der Waals surface area contributed by atoms with Gasteiger partial charge in [0.05, 0.1) is 6.04 Å². The molecule has 1 aromatic heterocycles.